The summed E-state index contributed by atoms with van der Waals surface area (Å²) in [6, 6.07) is 0. The van der Waals surface area contributed by atoms with Gasteiger partial charge in [0, 0.05) is 4.88 Å². The van der Waals surface area contributed by atoms with E-state index in [1.54, 1.807) is 6.92 Å². The highest BCUT2D eigenvalue weighted by Crippen LogP contribution is 2.24. The third-order valence-electron chi connectivity index (χ3n) is 1.14. The van der Waals surface area contributed by atoms with Crippen LogP contribution >= 0.6 is 11.3 Å². The van der Waals surface area contributed by atoms with Crippen LogP contribution in [0.25, 0.3) is 0 Å². The van der Waals surface area contributed by atoms with E-state index in [4.69, 9.17) is 0 Å². The third kappa shape index (κ3) is 1.03. The molecule has 1 heterocycles. The van der Waals surface area contributed by atoms with Gasteiger partial charge in [0.2, 0.25) is 10.9 Å². The summed E-state index contributed by atoms with van der Waals surface area (Å²) in [4.78, 5) is 0.134. The molecular formula is C6H5F3S. The zero-order valence-corrected chi connectivity index (χ0v) is 6.07. The minimum atomic E-state index is -1.35. The highest BCUT2D eigenvalue weighted by Gasteiger charge is 2.16. The smallest absolute Gasteiger partial charge is 0.202 e. The summed E-state index contributed by atoms with van der Waals surface area (Å²) < 4.78 is 36.8. The van der Waals surface area contributed by atoms with Gasteiger partial charge < -0.3 is 0 Å². The highest BCUT2D eigenvalue weighted by atomic mass is 32.1. The number of aryl methyl sites for hydroxylation is 1. The Hall–Kier alpha value is -0.510. The lowest BCUT2D eigenvalue weighted by molar-refractivity contribution is 0.463. The van der Waals surface area contributed by atoms with Crippen LogP contribution in [0.2, 0.25) is 0 Å². The van der Waals surface area contributed by atoms with Crippen molar-refractivity contribution in [2.75, 3.05) is 0 Å². The average molecular weight is 166 g/mol. The molecule has 0 bridgehead atoms. The molecule has 0 aliphatic heterocycles. The predicted molar refractivity (Wildman–Crippen MR) is 33.6 cm³/mol. The molecule has 0 amide bonds. The molecule has 0 N–H and O–H groups in total. The Labute approximate surface area is 60.3 Å². The fraction of sp³-hybridized carbons (Fsp3) is 0.333. The van der Waals surface area contributed by atoms with E-state index >= 15 is 0 Å². The standard InChI is InChI=1S/C6H5F3S/c1-2-3-4(7)5(8)6(9)10-3/h2H2,1H3. The lowest BCUT2D eigenvalue weighted by Crippen LogP contribution is -1.81. The molecule has 4 heteroatoms. The molecule has 56 valence electrons. The van der Waals surface area contributed by atoms with E-state index in [0.29, 0.717) is 17.8 Å². The van der Waals surface area contributed by atoms with Crippen molar-refractivity contribution in [3.05, 3.63) is 21.6 Å². The van der Waals surface area contributed by atoms with Crippen LogP contribution in [0.4, 0.5) is 13.2 Å². The van der Waals surface area contributed by atoms with Crippen molar-refractivity contribution < 1.29 is 13.2 Å². The summed E-state index contributed by atoms with van der Waals surface area (Å²) >= 11 is 0.524. The molecule has 0 fully saturated rings. The molecule has 1 aromatic rings. The second kappa shape index (κ2) is 2.62. The van der Waals surface area contributed by atoms with Crippen LogP contribution in [0.3, 0.4) is 0 Å². The predicted octanol–water partition coefficient (Wildman–Crippen LogP) is 2.73. The van der Waals surface area contributed by atoms with Gasteiger partial charge in [0.15, 0.2) is 5.82 Å². The first kappa shape index (κ1) is 7.60. The van der Waals surface area contributed by atoms with Gasteiger partial charge in [0.05, 0.1) is 0 Å². The Morgan fingerprint density at radius 3 is 2.00 bits per heavy atom. The second-order valence-electron chi connectivity index (χ2n) is 1.78. The minimum absolute atomic E-state index is 0.134. The van der Waals surface area contributed by atoms with E-state index < -0.39 is 16.8 Å². The lowest BCUT2D eigenvalue weighted by atomic mass is 10.4. The van der Waals surface area contributed by atoms with Crippen LogP contribution in [0.1, 0.15) is 11.8 Å². The zero-order valence-electron chi connectivity index (χ0n) is 5.25. The van der Waals surface area contributed by atoms with Crippen LogP contribution in [-0.2, 0) is 6.42 Å². The summed E-state index contributed by atoms with van der Waals surface area (Å²) in [6.07, 6.45) is 0.331. The molecule has 0 atom stereocenters. The topological polar surface area (TPSA) is 0 Å². The van der Waals surface area contributed by atoms with Crippen LogP contribution in [0.5, 0.6) is 0 Å². The number of halogens is 3. The Morgan fingerprint density at radius 1 is 1.20 bits per heavy atom. The molecule has 0 saturated carbocycles. The first-order valence-corrected chi connectivity index (χ1v) is 3.60. The highest BCUT2D eigenvalue weighted by molar-refractivity contribution is 7.10. The Kier molecular flexibility index (Phi) is 1.99. The van der Waals surface area contributed by atoms with Gasteiger partial charge >= 0.3 is 0 Å². The third-order valence-corrected chi connectivity index (χ3v) is 2.22. The molecular weight excluding hydrogens is 161 g/mol. The van der Waals surface area contributed by atoms with Gasteiger partial charge in [-0.05, 0) is 6.42 Å². The SMILES string of the molecule is CCc1sc(F)c(F)c1F. The zero-order chi connectivity index (χ0) is 7.72. The maximum absolute atomic E-state index is 12.4. The fourth-order valence-electron chi connectivity index (χ4n) is 0.634. The summed E-state index contributed by atoms with van der Waals surface area (Å²) in [5, 5.41) is -1.06. The molecule has 0 aliphatic rings. The van der Waals surface area contributed by atoms with E-state index in [2.05, 4.69) is 0 Å². The average Bonchev–Trinajstić information content (AvgIpc) is 2.17. The van der Waals surface area contributed by atoms with E-state index in [-0.39, 0.29) is 4.88 Å². The van der Waals surface area contributed by atoms with Crippen LogP contribution in [0, 0.1) is 16.8 Å². The van der Waals surface area contributed by atoms with E-state index in [0.717, 1.165) is 0 Å². The van der Waals surface area contributed by atoms with Crippen LogP contribution < -0.4 is 0 Å². The van der Waals surface area contributed by atoms with Crippen molar-refractivity contribution in [3.8, 4) is 0 Å². The number of hydrogen-bond acceptors (Lipinski definition) is 1. The van der Waals surface area contributed by atoms with Gasteiger partial charge in [-0.2, -0.15) is 8.78 Å². The molecule has 0 spiro atoms. The Bertz CT molecular complexity index is 241. The molecule has 10 heavy (non-hydrogen) atoms. The van der Waals surface area contributed by atoms with E-state index in [1.807, 2.05) is 0 Å². The normalized spacial score (nSPS) is 10.4. The van der Waals surface area contributed by atoms with Crippen molar-refractivity contribution in [2.45, 2.75) is 13.3 Å². The van der Waals surface area contributed by atoms with Gasteiger partial charge in [-0.25, -0.2) is 4.39 Å². The molecule has 0 saturated heterocycles. The second-order valence-corrected chi connectivity index (χ2v) is 2.84. The van der Waals surface area contributed by atoms with Crippen molar-refractivity contribution >= 4 is 11.3 Å². The molecule has 0 nitrogen and oxygen atoms in total. The maximum atomic E-state index is 12.4. The summed E-state index contributed by atoms with van der Waals surface area (Å²) in [6.45, 7) is 1.65. The minimum Gasteiger partial charge on any atom is -0.202 e. The number of thiophene rings is 1. The Balaban J connectivity index is 3.17. The molecule has 0 unspecified atom stereocenters. The van der Waals surface area contributed by atoms with Crippen molar-refractivity contribution in [1.29, 1.82) is 0 Å². The van der Waals surface area contributed by atoms with Gasteiger partial charge in [-0.1, -0.05) is 6.92 Å². The molecule has 0 aliphatic carbocycles. The molecule has 0 aromatic carbocycles. The quantitative estimate of drug-likeness (QED) is 0.601. The van der Waals surface area contributed by atoms with Crippen molar-refractivity contribution in [3.63, 3.8) is 0 Å². The maximum Gasteiger partial charge on any atom is 0.215 e. The summed E-state index contributed by atoms with van der Waals surface area (Å²) in [5.41, 5.74) is 0. The first-order chi connectivity index (χ1) is 4.66. The van der Waals surface area contributed by atoms with E-state index in [9.17, 15) is 13.2 Å². The monoisotopic (exact) mass is 166 g/mol. The van der Waals surface area contributed by atoms with Crippen LogP contribution in [-0.4, -0.2) is 0 Å². The Morgan fingerprint density at radius 2 is 1.80 bits per heavy atom. The van der Waals surface area contributed by atoms with Gasteiger partial charge in [0.1, 0.15) is 0 Å². The number of hydrogen-bond donors (Lipinski definition) is 0. The van der Waals surface area contributed by atoms with Gasteiger partial charge in [-0.15, -0.1) is 11.3 Å². The van der Waals surface area contributed by atoms with Crippen LogP contribution in [0.15, 0.2) is 0 Å². The van der Waals surface area contributed by atoms with E-state index in [1.165, 1.54) is 0 Å². The van der Waals surface area contributed by atoms with Crippen molar-refractivity contribution in [1.82, 2.24) is 0 Å². The lowest BCUT2D eigenvalue weighted by Gasteiger charge is -1.84. The van der Waals surface area contributed by atoms with Gasteiger partial charge in [-0.3, -0.25) is 0 Å². The summed E-state index contributed by atoms with van der Waals surface area (Å²) in [5.74, 6) is -2.38. The summed E-state index contributed by atoms with van der Waals surface area (Å²) in [7, 11) is 0. The molecule has 1 aromatic heterocycles. The molecule has 0 radical (unpaired) electrons. The fourth-order valence-corrected chi connectivity index (χ4v) is 1.35. The first-order valence-electron chi connectivity index (χ1n) is 2.79. The van der Waals surface area contributed by atoms with Crippen molar-refractivity contribution in [2.24, 2.45) is 0 Å². The van der Waals surface area contributed by atoms with Gasteiger partial charge in [0.25, 0.3) is 0 Å². The number of rotatable bonds is 1. The largest absolute Gasteiger partial charge is 0.215 e. The molecule has 1 rings (SSSR count).